The van der Waals surface area contributed by atoms with Crippen LogP contribution < -0.4 is 10.6 Å². The lowest BCUT2D eigenvalue weighted by Gasteiger charge is -2.23. The van der Waals surface area contributed by atoms with Gasteiger partial charge in [0.25, 0.3) is 0 Å². The standard InChI is InChI=1S/C10H19N3S2/c1-5-13(6-7(2)3)10-8(14-4)9(11)12-15-10/h7H,5-6H2,1-4H3,(H2,11,12). The van der Waals surface area contributed by atoms with E-state index in [4.69, 9.17) is 5.73 Å². The minimum Gasteiger partial charge on any atom is -0.382 e. The quantitative estimate of drug-likeness (QED) is 0.810. The molecule has 1 aromatic heterocycles. The molecular weight excluding hydrogens is 226 g/mol. The molecule has 0 radical (unpaired) electrons. The van der Waals surface area contributed by atoms with Crippen LogP contribution in [0.25, 0.3) is 0 Å². The lowest BCUT2D eigenvalue weighted by Crippen LogP contribution is -2.26. The minimum absolute atomic E-state index is 0.656. The van der Waals surface area contributed by atoms with Crippen LogP contribution in [-0.4, -0.2) is 23.7 Å². The molecule has 5 heteroatoms. The number of nitrogens with two attached hydrogens (primary N) is 1. The van der Waals surface area contributed by atoms with Gasteiger partial charge in [0.15, 0.2) is 5.82 Å². The SMILES string of the molecule is CCN(CC(C)C)c1snc(N)c1SC. The highest BCUT2D eigenvalue weighted by Gasteiger charge is 2.16. The predicted octanol–water partition coefficient (Wildman–Crippen LogP) is 2.93. The summed E-state index contributed by atoms with van der Waals surface area (Å²) in [7, 11) is 0. The van der Waals surface area contributed by atoms with E-state index in [2.05, 4.69) is 30.0 Å². The maximum absolute atomic E-state index is 5.83. The molecule has 0 atom stereocenters. The summed E-state index contributed by atoms with van der Waals surface area (Å²) in [5.74, 6) is 1.33. The van der Waals surface area contributed by atoms with E-state index in [9.17, 15) is 0 Å². The van der Waals surface area contributed by atoms with Gasteiger partial charge in [-0.1, -0.05) is 13.8 Å². The van der Waals surface area contributed by atoms with E-state index >= 15 is 0 Å². The van der Waals surface area contributed by atoms with Crippen LogP contribution in [0.2, 0.25) is 0 Å². The van der Waals surface area contributed by atoms with Gasteiger partial charge in [-0.2, -0.15) is 4.37 Å². The molecule has 0 spiro atoms. The van der Waals surface area contributed by atoms with Crippen molar-refractivity contribution in [2.45, 2.75) is 25.7 Å². The molecule has 1 rings (SSSR count). The third kappa shape index (κ3) is 3.01. The Bertz CT molecular complexity index is 310. The number of nitrogen functional groups attached to an aromatic ring is 1. The van der Waals surface area contributed by atoms with Crippen LogP contribution in [0.15, 0.2) is 4.90 Å². The third-order valence-electron chi connectivity index (χ3n) is 2.12. The fourth-order valence-corrected chi connectivity index (χ4v) is 3.24. The van der Waals surface area contributed by atoms with Crippen molar-refractivity contribution in [3.63, 3.8) is 0 Å². The zero-order valence-corrected chi connectivity index (χ0v) is 11.4. The Hall–Kier alpha value is -0.420. The Morgan fingerprint density at radius 1 is 1.53 bits per heavy atom. The molecule has 2 N–H and O–H groups in total. The average molecular weight is 245 g/mol. The molecule has 0 saturated carbocycles. The second-order valence-electron chi connectivity index (χ2n) is 3.84. The monoisotopic (exact) mass is 245 g/mol. The molecule has 0 aliphatic carbocycles. The van der Waals surface area contributed by atoms with Gasteiger partial charge >= 0.3 is 0 Å². The van der Waals surface area contributed by atoms with Gasteiger partial charge in [-0.25, -0.2) is 0 Å². The molecule has 1 aromatic rings. The summed E-state index contributed by atoms with van der Waals surface area (Å²) in [6, 6.07) is 0. The Balaban J connectivity index is 2.90. The van der Waals surface area contributed by atoms with E-state index in [-0.39, 0.29) is 0 Å². The minimum atomic E-state index is 0.656. The van der Waals surface area contributed by atoms with Crippen molar-refractivity contribution in [2.24, 2.45) is 5.92 Å². The van der Waals surface area contributed by atoms with Gasteiger partial charge in [0, 0.05) is 13.1 Å². The summed E-state index contributed by atoms with van der Waals surface area (Å²) in [6.45, 7) is 8.69. The van der Waals surface area contributed by atoms with Gasteiger partial charge in [-0.05, 0) is 30.6 Å². The van der Waals surface area contributed by atoms with E-state index in [1.807, 2.05) is 6.26 Å². The van der Waals surface area contributed by atoms with Crippen molar-refractivity contribution in [1.29, 1.82) is 0 Å². The molecule has 0 saturated heterocycles. The van der Waals surface area contributed by atoms with Crippen LogP contribution in [0.4, 0.5) is 10.8 Å². The Morgan fingerprint density at radius 2 is 2.20 bits per heavy atom. The van der Waals surface area contributed by atoms with Crippen molar-refractivity contribution in [3.05, 3.63) is 0 Å². The zero-order valence-electron chi connectivity index (χ0n) is 9.78. The molecule has 0 bridgehead atoms. The number of aromatic nitrogens is 1. The topological polar surface area (TPSA) is 42.2 Å². The van der Waals surface area contributed by atoms with Crippen LogP contribution in [0, 0.1) is 5.92 Å². The van der Waals surface area contributed by atoms with Crippen molar-refractivity contribution >= 4 is 34.1 Å². The number of anilines is 2. The second kappa shape index (κ2) is 5.61. The van der Waals surface area contributed by atoms with Gasteiger partial charge < -0.3 is 10.6 Å². The Morgan fingerprint density at radius 3 is 2.67 bits per heavy atom. The highest BCUT2D eigenvalue weighted by molar-refractivity contribution is 7.99. The highest BCUT2D eigenvalue weighted by atomic mass is 32.2. The molecule has 0 aromatic carbocycles. The Kier molecular flexibility index (Phi) is 4.73. The average Bonchev–Trinajstić information content (AvgIpc) is 2.55. The first-order chi connectivity index (χ1) is 7.10. The van der Waals surface area contributed by atoms with Gasteiger partial charge in [0.1, 0.15) is 5.00 Å². The maximum atomic E-state index is 5.83. The van der Waals surface area contributed by atoms with E-state index in [1.54, 1.807) is 11.8 Å². The van der Waals surface area contributed by atoms with Crippen molar-refractivity contribution in [3.8, 4) is 0 Å². The first-order valence-corrected chi connectivity index (χ1v) is 7.14. The fraction of sp³-hybridized carbons (Fsp3) is 0.700. The Labute approximate surface area is 100 Å². The molecule has 86 valence electrons. The fourth-order valence-electron chi connectivity index (χ4n) is 1.47. The summed E-state index contributed by atoms with van der Waals surface area (Å²) in [5, 5.41) is 1.22. The smallest absolute Gasteiger partial charge is 0.153 e. The zero-order chi connectivity index (χ0) is 11.4. The van der Waals surface area contributed by atoms with Crippen LogP contribution in [0.1, 0.15) is 20.8 Å². The molecule has 0 fully saturated rings. The van der Waals surface area contributed by atoms with Crippen LogP contribution >= 0.6 is 23.3 Å². The van der Waals surface area contributed by atoms with Crippen LogP contribution in [-0.2, 0) is 0 Å². The van der Waals surface area contributed by atoms with Gasteiger partial charge in [0.05, 0.1) is 4.90 Å². The molecule has 0 aliphatic heterocycles. The maximum Gasteiger partial charge on any atom is 0.153 e. The molecule has 0 aliphatic rings. The number of thioether (sulfide) groups is 1. The number of nitrogens with zero attached hydrogens (tertiary/aromatic N) is 2. The van der Waals surface area contributed by atoms with Gasteiger partial charge in [-0.3, -0.25) is 0 Å². The lowest BCUT2D eigenvalue weighted by atomic mass is 10.2. The predicted molar refractivity (Wildman–Crippen MR) is 71.0 cm³/mol. The van der Waals surface area contributed by atoms with E-state index < -0.39 is 0 Å². The first kappa shape index (κ1) is 12.6. The molecule has 1 heterocycles. The highest BCUT2D eigenvalue weighted by Crippen LogP contribution is 2.37. The normalized spacial score (nSPS) is 11.0. The summed E-state index contributed by atoms with van der Waals surface area (Å²) < 4.78 is 4.22. The third-order valence-corrected chi connectivity index (χ3v) is 3.98. The van der Waals surface area contributed by atoms with Crippen LogP contribution in [0.5, 0.6) is 0 Å². The van der Waals surface area contributed by atoms with Crippen LogP contribution in [0.3, 0.4) is 0 Å². The van der Waals surface area contributed by atoms with Gasteiger partial charge in [0.2, 0.25) is 0 Å². The number of rotatable bonds is 5. The van der Waals surface area contributed by atoms with E-state index in [1.165, 1.54) is 16.5 Å². The number of hydrogen-bond donors (Lipinski definition) is 1. The molecule has 0 amide bonds. The molecule has 0 unspecified atom stereocenters. The van der Waals surface area contributed by atoms with Crippen molar-refractivity contribution < 1.29 is 0 Å². The molecule has 15 heavy (non-hydrogen) atoms. The lowest BCUT2D eigenvalue weighted by molar-refractivity contribution is 0.619. The largest absolute Gasteiger partial charge is 0.382 e. The summed E-state index contributed by atoms with van der Waals surface area (Å²) >= 11 is 3.19. The molecule has 3 nitrogen and oxygen atoms in total. The van der Waals surface area contributed by atoms with Crippen molar-refractivity contribution in [1.82, 2.24) is 4.37 Å². The summed E-state index contributed by atoms with van der Waals surface area (Å²) in [4.78, 5) is 3.48. The van der Waals surface area contributed by atoms with Crippen molar-refractivity contribution in [2.75, 3.05) is 30.0 Å². The van der Waals surface area contributed by atoms with E-state index in [0.717, 1.165) is 18.0 Å². The van der Waals surface area contributed by atoms with E-state index in [0.29, 0.717) is 11.7 Å². The first-order valence-electron chi connectivity index (χ1n) is 5.14. The summed E-state index contributed by atoms with van der Waals surface area (Å²) in [5.41, 5.74) is 5.83. The summed E-state index contributed by atoms with van der Waals surface area (Å²) in [6.07, 6.45) is 2.05. The molecular formula is C10H19N3S2. The number of hydrogen-bond acceptors (Lipinski definition) is 5. The van der Waals surface area contributed by atoms with Gasteiger partial charge in [-0.15, -0.1) is 11.8 Å². The second-order valence-corrected chi connectivity index (χ2v) is 5.41.